The van der Waals surface area contributed by atoms with Crippen molar-refractivity contribution in [3.63, 3.8) is 0 Å². The van der Waals surface area contributed by atoms with Gasteiger partial charge in [0.25, 0.3) is 5.91 Å². The number of nitrogens with one attached hydrogen (secondary N) is 1. The molecule has 0 saturated carbocycles. The topological polar surface area (TPSA) is 29.1 Å². The first kappa shape index (κ1) is 15.6. The van der Waals surface area contributed by atoms with Gasteiger partial charge >= 0.3 is 0 Å². The minimum Gasteiger partial charge on any atom is -0.322 e. The Morgan fingerprint density at radius 1 is 1.19 bits per heavy atom. The van der Waals surface area contributed by atoms with Gasteiger partial charge in [0.15, 0.2) is 0 Å². The Bertz CT molecular complexity index is 701. The zero-order valence-electron chi connectivity index (χ0n) is 11.6. The number of halogens is 3. The van der Waals surface area contributed by atoms with E-state index < -0.39 is 17.5 Å². The van der Waals surface area contributed by atoms with Gasteiger partial charge in [0, 0.05) is 16.2 Å². The number of hydrogen-bond donors (Lipinski definition) is 1. The third-order valence-corrected chi connectivity index (χ3v) is 3.68. The molecule has 2 aromatic carbocycles. The van der Waals surface area contributed by atoms with Gasteiger partial charge < -0.3 is 5.32 Å². The predicted molar refractivity (Wildman–Crippen MR) is 82.6 cm³/mol. The number of anilines is 1. The van der Waals surface area contributed by atoms with Crippen LogP contribution < -0.4 is 5.32 Å². The third-order valence-electron chi connectivity index (χ3n) is 3.19. The first-order valence-corrected chi connectivity index (χ1v) is 7.27. The summed E-state index contributed by atoms with van der Waals surface area (Å²) < 4.78 is 27.9. The first-order valence-electron chi connectivity index (χ1n) is 6.47. The number of hydrogen-bond acceptors (Lipinski definition) is 1. The van der Waals surface area contributed by atoms with Crippen molar-refractivity contribution in [2.24, 2.45) is 0 Å². The molecule has 0 bridgehead atoms. The van der Waals surface area contributed by atoms with Crippen molar-refractivity contribution in [2.45, 2.75) is 20.3 Å². The molecule has 0 aliphatic carbocycles. The van der Waals surface area contributed by atoms with Gasteiger partial charge in [-0.1, -0.05) is 22.9 Å². The molecule has 21 heavy (non-hydrogen) atoms. The normalized spacial score (nSPS) is 10.5. The molecule has 0 heterocycles. The van der Waals surface area contributed by atoms with Crippen LogP contribution in [0, 0.1) is 18.6 Å². The SMILES string of the molecule is CCc1cc(Br)ccc1NC(=O)c1cc(C)c(F)cc1F. The van der Waals surface area contributed by atoms with Gasteiger partial charge in [-0.15, -0.1) is 0 Å². The summed E-state index contributed by atoms with van der Waals surface area (Å²) in [6.07, 6.45) is 0.722. The van der Waals surface area contributed by atoms with Crippen molar-refractivity contribution in [1.29, 1.82) is 0 Å². The molecule has 0 aliphatic rings. The lowest BCUT2D eigenvalue weighted by Crippen LogP contribution is -2.15. The summed E-state index contributed by atoms with van der Waals surface area (Å²) in [5.41, 5.74) is 1.61. The molecule has 1 amide bonds. The van der Waals surface area contributed by atoms with Crippen molar-refractivity contribution in [3.8, 4) is 0 Å². The molecule has 2 nitrogen and oxygen atoms in total. The van der Waals surface area contributed by atoms with Crippen LogP contribution in [0.15, 0.2) is 34.8 Å². The number of benzene rings is 2. The minimum atomic E-state index is -0.870. The summed E-state index contributed by atoms with van der Waals surface area (Å²) in [5, 5.41) is 2.67. The number of rotatable bonds is 3. The zero-order chi connectivity index (χ0) is 15.6. The molecule has 0 fully saturated rings. The fourth-order valence-corrected chi connectivity index (χ4v) is 2.41. The molecular formula is C16H14BrF2NO. The van der Waals surface area contributed by atoms with E-state index in [0.29, 0.717) is 5.69 Å². The van der Waals surface area contributed by atoms with Crippen LogP contribution in [0.4, 0.5) is 14.5 Å². The molecular weight excluding hydrogens is 340 g/mol. The zero-order valence-corrected chi connectivity index (χ0v) is 13.2. The average molecular weight is 354 g/mol. The van der Waals surface area contributed by atoms with Crippen molar-refractivity contribution < 1.29 is 13.6 Å². The Morgan fingerprint density at radius 3 is 2.57 bits per heavy atom. The lowest BCUT2D eigenvalue weighted by molar-refractivity contribution is 0.102. The van der Waals surface area contributed by atoms with E-state index in [1.807, 2.05) is 13.0 Å². The standard InChI is InChI=1S/C16H14BrF2NO/c1-3-10-7-11(17)4-5-15(10)20-16(21)12-6-9(2)13(18)8-14(12)19/h4-8H,3H2,1-2H3,(H,20,21). The lowest BCUT2D eigenvalue weighted by Gasteiger charge is -2.11. The van der Waals surface area contributed by atoms with Gasteiger partial charge in [0.2, 0.25) is 0 Å². The number of aryl methyl sites for hydroxylation is 2. The minimum absolute atomic E-state index is 0.168. The molecule has 5 heteroatoms. The number of carbonyl (C=O) groups excluding carboxylic acids is 1. The molecule has 0 saturated heterocycles. The van der Waals surface area contributed by atoms with Crippen molar-refractivity contribution >= 4 is 27.5 Å². The van der Waals surface area contributed by atoms with E-state index >= 15 is 0 Å². The maximum Gasteiger partial charge on any atom is 0.258 e. The smallest absolute Gasteiger partial charge is 0.258 e. The molecule has 2 aromatic rings. The Morgan fingerprint density at radius 2 is 1.90 bits per heavy atom. The Hall–Kier alpha value is -1.75. The van der Waals surface area contributed by atoms with E-state index in [9.17, 15) is 13.6 Å². The summed E-state index contributed by atoms with van der Waals surface area (Å²) >= 11 is 3.36. The fourth-order valence-electron chi connectivity index (χ4n) is 2.00. The maximum absolute atomic E-state index is 13.7. The van der Waals surface area contributed by atoms with Crippen LogP contribution in [0.3, 0.4) is 0 Å². The third kappa shape index (κ3) is 3.47. The van der Waals surface area contributed by atoms with Gasteiger partial charge in [-0.2, -0.15) is 0 Å². The summed E-state index contributed by atoms with van der Waals surface area (Å²) in [6.45, 7) is 3.45. The van der Waals surface area contributed by atoms with Crippen molar-refractivity contribution in [1.82, 2.24) is 0 Å². The average Bonchev–Trinajstić information content (AvgIpc) is 2.44. The highest BCUT2D eigenvalue weighted by Crippen LogP contribution is 2.23. The molecule has 0 unspecified atom stereocenters. The van der Waals surface area contributed by atoms with Crippen LogP contribution in [0.2, 0.25) is 0 Å². The molecule has 0 spiro atoms. The van der Waals surface area contributed by atoms with Gasteiger partial charge in [-0.25, -0.2) is 8.78 Å². The van der Waals surface area contributed by atoms with E-state index in [1.54, 1.807) is 12.1 Å². The summed E-state index contributed by atoms with van der Waals surface area (Å²) in [7, 11) is 0. The quantitative estimate of drug-likeness (QED) is 0.839. The monoisotopic (exact) mass is 353 g/mol. The van der Waals surface area contributed by atoms with Gasteiger partial charge in [0.1, 0.15) is 11.6 Å². The molecule has 2 rings (SSSR count). The fraction of sp³-hybridized carbons (Fsp3) is 0.188. The van der Waals surface area contributed by atoms with E-state index in [4.69, 9.17) is 0 Å². The van der Waals surface area contributed by atoms with Gasteiger partial charge in [0.05, 0.1) is 5.56 Å². The molecule has 0 radical (unpaired) electrons. The van der Waals surface area contributed by atoms with Crippen LogP contribution >= 0.6 is 15.9 Å². The lowest BCUT2D eigenvalue weighted by atomic mass is 10.1. The number of carbonyl (C=O) groups is 1. The van der Waals surface area contributed by atoms with Crippen LogP contribution in [0.1, 0.15) is 28.4 Å². The number of amides is 1. The van der Waals surface area contributed by atoms with Crippen LogP contribution in [0.5, 0.6) is 0 Å². The second-order valence-corrected chi connectivity index (χ2v) is 5.61. The van der Waals surface area contributed by atoms with Crippen LogP contribution in [-0.4, -0.2) is 5.91 Å². The molecule has 0 aliphatic heterocycles. The van der Waals surface area contributed by atoms with Gasteiger partial charge in [-0.3, -0.25) is 4.79 Å². The van der Waals surface area contributed by atoms with Crippen molar-refractivity contribution in [3.05, 3.63) is 63.1 Å². The summed E-state index contributed by atoms with van der Waals surface area (Å²) in [5.74, 6) is -2.12. The van der Waals surface area contributed by atoms with E-state index in [-0.39, 0.29) is 11.1 Å². The van der Waals surface area contributed by atoms with Crippen LogP contribution in [-0.2, 0) is 6.42 Å². The second kappa shape index (κ2) is 6.35. The first-order chi connectivity index (χ1) is 9.92. The van der Waals surface area contributed by atoms with Crippen molar-refractivity contribution in [2.75, 3.05) is 5.32 Å². The molecule has 0 aromatic heterocycles. The highest BCUT2D eigenvalue weighted by Gasteiger charge is 2.15. The molecule has 1 N–H and O–H groups in total. The Labute approximate surface area is 130 Å². The Kier molecular flexibility index (Phi) is 4.73. The molecule has 0 atom stereocenters. The van der Waals surface area contributed by atoms with Crippen LogP contribution in [0.25, 0.3) is 0 Å². The largest absolute Gasteiger partial charge is 0.322 e. The molecule has 110 valence electrons. The van der Waals surface area contributed by atoms with E-state index in [2.05, 4.69) is 21.2 Å². The Balaban J connectivity index is 2.32. The predicted octanol–water partition coefficient (Wildman–Crippen LogP) is 4.85. The van der Waals surface area contributed by atoms with Gasteiger partial charge in [-0.05, 0) is 48.7 Å². The summed E-state index contributed by atoms with van der Waals surface area (Å²) in [6, 6.07) is 7.37. The van der Waals surface area contributed by atoms with E-state index in [0.717, 1.165) is 22.5 Å². The highest BCUT2D eigenvalue weighted by atomic mass is 79.9. The maximum atomic E-state index is 13.7. The highest BCUT2D eigenvalue weighted by molar-refractivity contribution is 9.10. The summed E-state index contributed by atoms with van der Waals surface area (Å²) in [4.78, 5) is 12.2. The van der Waals surface area contributed by atoms with E-state index in [1.165, 1.54) is 13.0 Å². The second-order valence-electron chi connectivity index (χ2n) is 4.69.